The van der Waals surface area contributed by atoms with Gasteiger partial charge in [0.25, 0.3) is 0 Å². The van der Waals surface area contributed by atoms with E-state index in [-0.39, 0.29) is 0 Å². The number of benzene rings is 2. The molecule has 0 fully saturated rings. The molecule has 3 aromatic rings. The van der Waals surface area contributed by atoms with E-state index in [0.29, 0.717) is 10.6 Å². The number of anilines is 1. The zero-order valence-corrected chi connectivity index (χ0v) is 15.7. The van der Waals surface area contributed by atoms with Crippen LogP contribution in [0.4, 0.5) is 5.69 Å². The van der Waals surface area contributed by atoms with Gasteiger partial charge < -0.3 is 9.64 Å². The molecule has 0 saturated carbocycles. The molecule has 0 bridgehead atoms. The van der Waals surface area contributed by atoms with Gasteiger partial charge in [0.05, 0.1) is 18.4 Å². The molecule has 0 amide bonds. The van der Waals surface area contributed by atoms with Gasteiger partial charge in [0.1, 0.15) is 16.8 Å². The molecule has 0 saturated heterocycles. The number of aromatic nitrogens is 1. The Morgan fingerprint density at radius 3 is 2.62 bits per heavy atom. The number of methoxy groups -OCH3 is 1. The number of nitrogens with zero attached hydrogens (tertiary/aromatic N) is 3. The third-order valence-electron chi connectivity index (χ3n) is 3.94. The summed E-state index contributed by atoms with van der Waals surface area (Å²) in [5.41, 5.74) is 4.47. The van der Waals surface area contributed by atoms with Crippen molar-refractivity contribution in [2.45, 2.75) is 0 Å². The van der Waals surface area contributed by atoms with Crippen LogP contribution < -0.4 is 9.64 Å². The second kappa shape index (κ2) is 7.85. The standard InChI is InChI=1S/C21H19N3OS/c1-24(2)18-9-7-15(8-10-18)11-17(13-22)21-23-20(14-26-21)16-5-4-6-19(12-16)25-3/h4-12,14H,1-3H3/b17-11+. The van der Waals surface area contributed by atoms with Crippen molar-refractivity contribution in [1.82, 2.24) is 4.98 Å². The van der Waals surface area contributed by atoms with Gasteiger partial charge >= 0.3 is 0 Å². The molecule has 2 aromatic carbocycles. The molecule has 0 N–H and O–H groups in total. The van der Waals surface area contributed by atoms with Crippen molar-refractivity contribution in [1.29, 1.82) is 5.26 Å². The molecule has 0 atom stereocenters. The van der Waals surface area contributed by atoms with E-state index in [4.69, 9.17) is 4.74 Å². The Hall–Kier alpha value is -3.10. The molecule has 0 unspecified atom stereocenters. The second-order valence-electron chi connectivity index (χ2n) is 5.93. The van der Waals surface area contributed by atoms with Crippen LogP contribution in [0.3, 0.4) is 0 Å². The average Bonchev–Trinajstić information content (AvgIpc) is 3.16. The normalized spacial score (nSPS) is 11.1. The summed E-state index contributed by atoms with van der Waals surface area (Å²) in [5.74, 6) is 0.786. The molecule has 0 aliphatic rings. The number of hydrogen-bond acceptors (Lipinski definition) is 5. The van der Waals surface area contributed by atoms with E-state index < -0.39 is 0 Å². The lowest BCUT2D eigenvalue weighted by Crippen LogP contribution is -2.07. The number of ether oxygens (including phenoxy) is 1. The van der Waals surface area contributed by atoms with Crippen LogP contribution in [-0.4, -0.2) is 26.2 Å². The Balaban J connectivity index is 1.89. The Morgan fingerprint density at radius 2 is 1.96 bits per heavy atom. The van der Waals surface area contributed by atoms with E-state index in [1.54, 1.807) is 7.11 Å². The largest absolute Gasteiger partial charge is 0.497 e. The Bertz CT molecular complexity index is 965. The lowest BCUT2D eigenvalue weighted by molar-refractivity contribution is 0.415. The Kier molecular flexibility index (Phi) is 5.35. The van der Waals surface area contributed by atoms with Gasteiger partial charge in [-0.2, -0.15) is 5.26 Å². The first-order valence-corrected chi connectivity index (χ1v) is 8.98. The lowest BCUT2D eigenvalue weighted by Gasteiger charge is -2.11. The van der Waals surface area contributed by atoms with Crippen molar-refractivity contribution in [2.75, 3.05) is 26.1 Å². The summed E-state index contributed by atoms with van der Waals surface area (Å²) in [6.45, 7) is 0. The highest BCUT2D eigenvalue weighted by Gasteiger charge is 2.10. The first-order valence-electron chi connectivity index (χ1n) is 8.10. The molecule has 5 heteroatoms. The Labute approximate surface area is 157 Å². The molecule has 1 heterocycles. The molecule has 3 rings (SSSR count). The quantitative estimate of drug-likeness (QED) is 0.603. The summed E-state index contributed by atoms with van der Waals surface area (Å²) in [5, 5.41) is 12.2. The molecule has 1 aromatic heterocycles. The van der Waals surface area contributed by atoms with Crippen LogP contribution in [0.2, 0.25) is 0 Å². The van der Waals surface area contributed by atoms with Crippen molar-refractivity contribution < 1.29 is 4.74 Å². The fraction of sp³-hybridized carbons (Fsp3) is 0.143. The minimum Gasteiger partial charge on any atom is -0.497 e. The third kappa shape index (κ3) is 3.93. The summed E-state index contributed by atoms with van der Waals surface area (Å²) < 4.78 is 5.27. The highest BCUT2D eigenvalue weighted by Crippen LogP contribution is 2.29. The van der Waals surface area contributed by atoms with E-state index in [1.165, 1.54) is 11.3 Å². The number of rotatable bonds is 5. The second-order valence-corrected chi connectivity index (χ2v) is 6.78. The van der Waals surface area contributed by atoms with Gasteiger partial charge in [-0.1, -0.05) is 24.3 Å². The van der Waals surface area contributed by atoms with Crippen LogP contribution in [0.1, 0.15) is 10.6 Å². The van der Waals surface area contributed by atoms with Crippen molar-refractivity contribution >= 4 is 28.7 Å². The molecule has 130 valence electrons. The van der Waals surface area contributed by atoms with Gasteiger partial charge in [0.2, 0.25) is 0 Å². The maximum atomic E-state index is 9.57. The minimum atomic E-state index is 0.557. The number of allylic oxidation sites excluding steroid dienone is 1. The number of thiazole rings is 1. The zero-order valence-electron chi connectivity index (χ0n) is 14.9. The predicted molar refractivity (Wildman–Crippen MR) is 108 cm³/mol. The molecule has 0 aliphatic carbocycles. The molecule has 0 radical (unpaired) electrons. The van der Waals surface area contributed by atoms with E-state index in [1.807, 2.05) is 79.0 Å². The summed E-state index contributed by atoms with van der Waals surface area (Å²) in [6.07, 6.45) is 1.87. The van der Waals surface area contributed by atoms with E-state index >= 15 is 0 Å². The lowest BCUT2D eigenvalue weighted by atomic mass is 10.1. The third-order valence-corrected chi connectivity index (χ3v) is 4.82. The average molecular weight is 361 g/mol. The topological polar surface area (TPSA) is 49.1 Å². The van der Waals surface area contributed by atoms with Gasteiger partial charge in [-0.3, -0.25) is 0 Å². The fourth-order valence-corrected chi connectivity index (χ4v) is 3.28. The van der Waals surface area contributed by atoms with Gasteiger partial charge in [0.15, 0.2) is 0 Å². The number of hydrogen-bond donors (Lipinski definition) is 0. The molecule has 4 nitrogen and oxygen atoms in total. The first-order chi connectivity index (χ1) is 12.6. The van der Waals surface area contributed by atoms with Gasteiger partial charge in [-0.25, -0.2) is 4.98 Å². The van der Waals surface area contributed by atoms with Crippen molar-refractivity contribution in [2.24, 2.45) is 0 Å². The van der Waals surface area contributed by atoms with E-state index in [0.717, 1.165) is 28.3 Å². The monoisotopic (exact) mass is 361 g/mol. The highest BCUT2D eigenvalue weighted by atomic mass is 32.1. The van der Waals surface area contributed by atoms with Crippen molar-refractivity contribution in [3.05, 3.63) is 64.5 Å². The number of nitriles is 1. The van der Waals surface area contributed by atoms with Crippen molar-refractivity contribution in [3.63, 3.8) is 0 Å². The van der Waals surface area contributed by atoms with Crippen LogP contribution in [0.15, 0.2) is 53.9 Å². The maximum absolute atomic E-state index is 9.57. The minimum absolute atomic E-state index is 0.557. The predicted octanol–water partition coefficient (Wildman–Crippen LogP) is 4.95. The molecular weight excluding hydrogens is 342 g/mol. The SMILES string of the molecule is COc1cccc(-c2csc(/C(C#N)=C/c3ccc(N(C)C)cc3)n2)c1. The Morgan fingerprint density at radius 1 is 1.19 bits per heavy atom. The molecule has 0 spiro atoms. The zero-order chi connectivity index (χ0) is 18.5. The summed E-state index contributed by atoms with van der Waals surface area (Å²) in [6, 6.07) is 18.1. The van der Waals surface area contributed by atoms with Gasteiger partial charge in [0, 0.05) is 30.7 Å². The van der Waals surface area contributed by atoms with Crippen LogP contribution in [-0.2, 0) is 0 Å². The fourth-order valence-electron chi connectivity index (χ4n) is 2.49. The first kappa shape index (κ1) is 17.7. The maximum Gasteiger partial charge on any atom is 0.134 e. The van der Waals surface area contributed by atoms with E-state index in [9.17, 15) is 5.26 Å². The van der Waals surface area contributed by atoms with Crippen molar-refractivity contribution in [3.8, 4) is 23.1 Å². The van der Waals surface area contributed by atoms with Crippen LogP contribution in [0.25, 0.3) is 22.9 Å². The summed E-state index contributed by atoms with van der Waals surface area (Å²) in [7, 11) is 5.64. The van der Waals surface area contributed by atoms with Gasteiger partial charge in [-0.05, 0) is 35.9 Å². The molecule has 26 heavy (non-hydrogen) atoms. The van der Waals surface area contributed by atoms with E-state index in [2.05, 4.69) is 11.1 Å². The van der Waals surface area contributed by atoms with Crippen LogP contribution >= 0.6 is 11.3 Å². The van der Waals surface area contributed by atoms with Crippen LogP contribution in [0, 0.1) is 11.3 Å². The van der Waals surface area contributed by atoms with Gasteiger partial charge in [-0.15, -0.1) is 11.3 Å². The molecule has 0 aliphatic heterocycles. The summed E-state index contributed by atoms with van der Waals surface area (Å²) in [4.78, 5) is 6.67. The molecular formula is C21H19N3OS. The highest BCUT2D eigenvalue weighted by molar-refractivity contribution is 7.11. The smallest absolute Gasteiger partial charge is 0.134 e. The summed E-state index contributed by atoms with van der Waals surface area (Å²) >= 11 is 1.47. The van der Waals surface area contributed by atoms with Crippen LogP contribution in [0.5, 0.6) is 5.75 Å².